The molecule has 0 radical (unpaired) electrons. The first kappa shape index (κ1) is 17.1. The monoisotopic (exact) mass is 399 g/mol. The van der Waals surface area contributed by atoms with Crippen molar-refractivity contribution in [2.75, 3.05) is 24.6 Å². The molecule has 28 heavy (non-hydrogen) atoms. The highest BCUT2D eigenvalue weighted by Crippen LogP contribution is 2.27. The zero-order chi connectivity index (χ0) is 19.1. The Morgan fingerprint density at radius 2 is 2.14 bits per heavy atom. The van der Waals surface area contributed by atoms with Crippen molar-refractivity contribution >= 4 is 23.1 Å². The molecule has 10 heteroatoms. The number of morpholine rings is 1. The lowest BCUT2D eigenvalue weighted by Gasteiger charge is -2.33. The minimum Gasteiger partial charge on any atom is -0.370 e. The fraction of sp³-hybridized carbons (Fsp3) is 0.222. The molecule has 1 saturated heterocycles. The van der Waals surface area contributed by atoms with Gasteiger partial charge in [-0.05, 0) is 18.2 Å². The summed E-state index contributed by atoms with van der Waals surface area (Å²) in [6.45, 7) is 1.57. The predicted octanol–water partition coefficient (Wildman–Crippen LogP) is 2.88. The van der Waals surface area contributed by atoms with Crippen molar-refractivity contribution in [1.29, 1.82) is 0 Å². The average molecular weight is 400 g/mol. The van der Waals surface area contributed by atoms with Crippen molar-refractivity contribution in [3.05, 3.63) is 59.5 Å². The summed E-state index contributed by atoms with van der Waals surface area (Å²) in [7, 11) is 0. The number of aromatic amines is 1. The van der Waals surface area contributed by atoms with Crippen molar-refractivity contribution < 1.29 is 9.13 Å². The van der Waals surface area contributed by atoms with Gasteiger partial charge in [0.15, 0.2) is 5.82 Å². The minimum absolute atomic E-state index is 0.412. The van der Waals surface area contributed by atoms with Crippen LogP contribution in [-0.4, -0.2) is 49.2 Å². The second-order valence-corrected chi connectivity index (χ2v) is 6.84. The molecule has 0 amide bonds. The number of aromatic nitrogens is 6. The maximum absolute atomic E-state index is 13.8. The van der Waals surface area contributed by atoms with Crippen molar-refractivity contribution in [3.63, 3.8) is 0 Å². The molecule has 0 aliphatic carbocycles. The number of fused-ring (bicyclic) bond motifs is 1. The normalized spacial score (nSPS) is 17.4. The van der Waals surface area contributed by atoms with E-state index >= 15 is 0 Å². The molecular weight excluding hydrogens is 385 g/mol. The van der Waals surface area contributed by atoms with E-state index in [4.69, 9.17) is 21.3 Å². The van der Waals surface area contributed by atoms with Gasteiger partial charge in [0.25, 0.3) is 0 Å². The Hall–Kier alpha value is -3.04. The summed E-state index contributed by atoms with van der Waals surface area (Å²) in [5.41, 5.74) is 1.91. The topological polar surface area (TPSA) is 84.2 Å². The van der Waals surface area contributed by atoms with Gasteiger partial charge >= 0.3 is 0 Å². The van der Waals surface area contributed by atoms with Crippen molar-refractivity contribution in [2.24, 2.45) is 0 Å². The largest absolute Gasteiger partial charge is 0.370 e. The van der Waals surface area contributed by atoms with E-state index in [0.717, 1.165) is 17.2 Å². The van der Waals surface area contributed by atoms with E-state index in [1.165, 1.54) is 6.20 Å². The summed E-state index contributed by atoms with van der Waals surface area (Å²) < 4.78 is 21.4. The number of anilines is 1. The van der Waals surface area contributed by atoms with Gasteiger partial charge in [0.2, 0.25) is 5.95 Å². The Morgan fingerprint density at radius 3 is 3.00 bits per heavy atom. The summed E-state index contributed by atoms with van der Waals surface area (Å²) in [5.74, 6) is 0.793. The molecule has 4 aromatic rings. The number of H-pyrrole nitrogens is 1. The molecule has 1 N–H and O–H groups in total. The fourth-order valence-corrected chi connectivity index (χ4v) is 3.48. The Bertz CT molecular complexity index is 1140. The third kappa shape index (κ3) is 2.98. The Kier molecular flexibility index (Phi) is 4.18. The molecule has 0 bridgehead atoms. The lowest BCUT2D eigenvalue weighted by molar-refractivity contribution is 0.0372. The second-order valence-electron chi connectivity index (χ2n) is 6.40. The summed E-state index contributed by atoms with van der Waals surface area (Å²) in [4.78, 5) is 15.5. The molecule has 1 aliphatic heterocycles. The molecule has 142 valence electrons. The maximum Gasteiger partial charge on any atom is 0.214 e. The molecule has 0 spiro atoms. The van der Waals surface area contributed by atoms with Gasteiger partial charge in [-0.2, -0.15) is 9.49 Å². The van der Waals surface area contributed by atoms with Gasteiger partial charge in [0.1, 0.15) is 23.3 Å². The van der Waals surface area contributed by atoms with Crippen LogP contribution < -0.4 is 4.90 Å². The Morgan fingerprint density at radius 1 is 1.21 bits per heavy atom. The molecule has 1 unspecified atom stereocenters. The molecule has 8 nitrogen and oxygen atoms in total. The first-order chi connectivity index (χ1) is 13.7. The van der Waals surface area contributed by atoms with Gasteiger partial charge < -0.3 is 9.64 Å². The fourth-order valence-electron chi connectivity index (χ4n) is 3.32. The van der Waals surface area contributed by atoms with Crippen LogP contribution in [0.3, 0.4) is 0 Å². The molecule has 0 aromatic carbocycles. The Balaban J connectivity index is 1.47. The quantitative estimate of drug-likeness (QED) is 0.570. The van der Waals surface area contributed by atoms with Crippen molar-refractivity contribution in [3.8, 4) is 11.5 Å². The van der Waals surface area contributed by atoms with E-state index in [-0.39, 0.29) is 0 Å². The first-order valence-electron chi connectivity index (χ1n) is 8.70. The number of rotatable bonds is 3. The summed E-state index contributed by atoms with van der Waals surface area (Å²) in [6.07, 6.45) is 6.23. The third-order valence-corrected chi connectivity index (χ3v) is 4.92. The van der Waals surface area contributed by atoms with Crippen LogP contribution in [0.1, 0.15) is 11.7 Å². The van der Waals surface area contributed by atoms with Crippen LogP contribution in [0.5, 0.6) is 0 Å². The van der Waals surface area contributed by atoms with Crippen LogP contribution in [0.4, 0.5) is 10.2 Å². The summed E-state index contributed by atoms with van der Waals surface area (Å²) in [6, 6.07) is 5.45. The molecule has 1 atom stereocenters. The zero-order valence-corrected chi connectivity index (χ0v) is 15.3. The highest BCUT2D eigenvalue weighted by molar-refractivity contribution is 6.30. The van der Waals surface area contributed by atoms with Crippen LogP contribution in [0.25, 0.3) is 17.2 Å². The van der Waals surface area contributed by atoms with Crippen LogP contribution in [0.15, 0.2) is 43.0 Å². The zero-order valence-electron chi connectivity index (χ0n) is 14.6. The number of ether oxygens (including phenoxy) is 1. The highest BCUT2D eigenvalue weighted by Gasteiger charge is 2.26. The number of nitrogens with zero attached hydrogens (tertiary/aromatic N) is 6. The van der Waals surface area contributed by atoms with Crippen molar-refractivity contribution in [2.45, 2.75) is 6.10 Å². The molecule has 1 aliphatic rings. The molecule has 5 heterocycles. The molecule has 4 aromatic heterocycles. The van der Waals surface area contributed by atoms with Crippen molar-refractivity contribution in [1.82, 2.24) is 29.5 Å². The van der Waals surface area contributed by atoms with Gasteiger partial charge in [-0.3, -0.25) is 9.50 Å². The molecular formula is C18H15ClFN7O. The number of pyridine rings is 1. The van der Waals surface area contributed by atoms with Crippen LogP contribution in [0.2, 0.25) is 5.02 Å². The number of imidazole rings is 1. The summed E-state index contributed by atoms with van der Waals surface area (Å²) in [5, 5.41) is 6.64. The average Bonchev–Trinajstić information content (AvgIpc) is 3.34. The van der Waals surface area contributed by atoms with Crippen LogP contribution >= 0.6 is 11.6 Å². The number of hydrogen-bond donors (Lipinski definition) is 1. The van der Waals surface area contributed by atoms with Gasteiger partial charge in [-0.1, -0.05) is 11.6 Å². The van der Waals surface area contributed by atoms with E-state index in [1.54, 1.807) is 24.7 Å². The van der Waals surface area contributed by atoms with E-state index in [1.807, 2.05) is 21.4 Å². The summed E-state index contributed by atoms with van der Waals surface area (Å²) >= 11 is 6.12. The van der Waals surface area contributed by atoms with Crippen LogP contribution in [-0.2, 0) is 4.74 Å². The standard InChI is InChI=1S/C18H15ClFN7O/c19-11-1-2-15-22-8-13(27(15)9-11)18-21-4-3-16(24-18)26-5-6-28-14(10-26)12-7-23-25-17(12)20/h1-4,7-9,14H,5-6,10H2,(H,23,25). The highest BCUT2D eigenvalue weighted by atomic mass is 35.5. The van der Waals surface area contributed by atoms with Gasteiger partial charge in [-0.15, -0.1) is 0 Å². The van der Waals surface area contributed by atoms with Gasteiger partial charge in [0.05, 0.1) is 36.1 Å². The van der Waals surface area contributed by atoms with E-state index in [0.29, 0.717) is 36.1 Å². The SMILES string of the molecule is Fc1[nH]ncc1C1CN(c2ccnc(-c3cnc4ccc(Cl)cn34)n2)CCO1. The Labute approximate surface area is 164 Å². The van der Waals surface area contributed by atoms with Crippen LogP contribution in [0, 0.1) is 5.95 Å². The molecule has 5 rings (SSSR count). The number of nitrogens with one attached hydrogen (secondary N) is 1. The predicted molar refractivity (Wildman–Crippen MR) is 101 cm³/mol. The first-order valence-corrected chi connectivity index (χ1v) is 9.08. The molecule has 1 fully saturated rings. The number of hydrogen-bond acceptors (Lipinski definition) is 6. The molecule has 0 saturated carbocycles. The van der Waals surface area contributed by atoms with E-state index in [2.05, 4.69) is 20.2 Å². The maximum atomic E-state index is 13.8. The lowest BCUT2D eigenvalue weighted by atomic mass is 10.1. The third-order valence-electron chi connectivity index (χ3n) is 4.70. The number of halogens is 2. The minimum atomic E-state index is -0.474. The van der Waals surface area contributed by atoms with Gasteiger partial charge in [-0.25, -0.2) is 15.0 Å². The smallest absolute Gasteiger partial charge is 0.214 e. The van der Waals surface area contributed by atoms with Gasteiger partial charge in [0, 0.05) is 18.9 Å². The van der Waals surface area contributed by atoms with E-state index < -0.39 is 12.1 Å². The second kappa shape index (κ2) is 6.84. The lowest BCUT2D eigenvalue weighted by Crippen LogP contribution is -2.39. The van der Waals surface area contributed by atoms with E-state index in [9.17, 15) is 4.39 Å².